The Bertz CT molecular complexity index is 463. The SMILES string of the molecule is CCN1CCC(N2CCC(Oc3cccc(F)n3)C2)CC1. The third-order valence-corrected chi connectivity index (χ3v) is 4.67. The summed E-state index contributed by atoms with van der Waals surface area (Å²) in [5.41, 5.74) is 0. The first kappa shape index (κ1) is 14.7. The molecule has 1 aromatic heterocycles. The number of rotatable bonds is 4. The molecule has 3 rings (SSSR count). The molecule has 0 spiro atoms. The summed E-state index contributed by atoms with van der Waals surface area (Å²) >= 11 is 0. The van der Waals surface area contributed by atoms with Crippen LogP contribution in [-0.2, 0) is 0 Å². The zero-order valence-electron chi connectivity index (χ0n) is 12.7. The Morgan fingerprint density at radius 3 is 2.76 bits per heavy atom. The molecule has 2 saturated heterocycles. The summed E-state index contributed by atoms with van der Waals surface area (Å²) in [5, 5.41) is 0. The maximum Gasteiger partial charge on any atom is 0.216 e. The van der Waals surface area contributed by atoms with Gasteiger partial charge in [0, 0.05) is 25.2 Å². The van der Waals surface area contributed by atoms with Crippen LogP contribution in [0.4, 0.5) is 4.39 Å². The first-order valence-electron chi connectivity index (χ1n) is 8.00. The normalized spacial score (nSPS) is 25.3. The monoisotopic (exact) mass is 293 g/mol. The molecular formula is C16H24FN3O. The zero-order valence-corrected chi connectivity index (χ0v) is 12.7. The van der Waals surface area contributed by atoms with Crippen LogP contribution in [0.3, 0.4) is 0 Å². The second-order valence-corrected chi connectivity index (χ2v) is 5.99. The van der Waals surface area contributed by atoms with Crippen LogP contribution in [-0.4, -0.2) is 59.7 Å². The first-order valence-corrected chi connectivity index (χ1v) is 8.00. The van der Waals surface area contributed by atoms with Gasteiger partial charge >= 0.3 is 0 Å². The van der Waals surface area contributed by atoms with Crippen LogP contribution < -0.4 is 4.74 Å². The standard InChI is InChI=1S/C16H24FN3O/c1-2-19-9-6-13(7-10-19)20-11-8-14(12-20)21-16-5-3-4-15(17)18-16/h3-5,13-14H,2,6-12H2,1H3. The smallest absolute Gasteiger partial charge is 0.216 e. The average Bonchev–Trinajstić information content (AvgIpc) is 2.96. The van der Waals surface area contributed by atoms with Crippen molar-refractivity contribution < 1.29 is 9.13 Å². The predicted molar refractivity (Wildman–Crippen MR) is 79.9 cm³/mol. The van der Waals surface area contributed by atoms with Gasteiger partial charge in [0.15, 0.2) is 0 Å². The molecule has 1 unspecified atom stereocenters. The van der Waals surface area contributed by atoms with E-state index in [9.17, 15) is 4.39 Å². The minimum atomic E-state index is -0.478. The van der Waals surface area contributed by atoms with Gasteiger partial charge in [0.05, 0.1) is 0 Å². The van der Waals surface area contributed by atoms with Gasteiger partial charge in [-0.15, -0.1) is 0 Å². The molecule has 0 saturated carbocycles. The number of halogens is 1. The van der Waals surface area contributed by atoms with Crippen molar-refractivity contribution in [3.05, 3.63) is 24.1 Å². The molecule has 0 radical (unpaired) electrons. The second kappa shape index (κ2) is 6.71. The summed E-state index contributed by atoms with van der Waals surface area (Å²) in [6.45, 7) is 7.81. The van der Waals surface area contributed by atoms with E-state index in [0.29, 0.717) is 11.9 Å². The Labute approximate surface area is 125 Å². The van der Waals surface area contributed by atoms with Gasteiger partial charge in [-0.3, -0.25) is 4.90 Å². The summed E-state index contributed by atoms with van der Waals surface area (Å²) in [6, 6.07) is 5.40. The van der Waals surface area contributed by atoms with Crippen LogP contribution in [0.5, 0.6) is 5.88 Å². The van der Waals surface area contributed by atoms with E-state index in [1.807, 2.05) is 0 Å². The fourth-order valence-corrected chi connectivity index (χ4v) is 3.41. The van der Waals surface area contributed by atoms with Crippen molar-refractivity contribution in [2.45, 2.75) is 38.3 Å². The quantitative estimate of drug-likeness (QED) is 0.796. The number of ether oxygens (including phenoxy) is 1. The highest BCUT2D eigenvalue weighted by Gasteiger charge is 2.31. The Morgan fingerprint density at radius 1 is 1.24 bits per heavy atom. The minimum Gasteiger partial charge on any atom is -0.473 e. The molecule has 0 amide bonds. The zero-order chi connectivity index (χ0) is 14.7. The molecule has 2 aliphatic heterocycles. The average molecular weight is 293 g/mol. The fourth-order valence-electron chi connectivity index (χ4n) is 3.41. The highest BCUT2D eigenvalue weighted by molar-refractivity contribution is 5.11. The van der Waals surface area contributed by atoms with E-state index in [0.717, 1.165) is 26.1 Å². The summed E-state index contributed by atoms with van der Waals surface area (Å²) in [7, 11) is 0. The first-order chi connectivity index (χ1) is 10.2. The molecule has 0 aliphatic carbocycles. The Hall–Kier alpha value is -1.20. The van der Waals surface area contributed by atoms with E-state index in [2.05, 4.69) is 21.7 Å². The molecule has 2 fully saturated rings. The van der Waals surface area contributed by atoms with Crippen molar-refractivity contribution in [2.75, 3.05) is 32.7 Å². The maximum absolute atomic E-state index is 13.1. The van der Waals surface area contributed by atoms with E-state index < -0.39 is 5.95 Å². The number of likely N-dealkylation sites (tertiary alicyclic amines) is 2. The van der Waals surface area contributed by atoms with Crippen molar-refractivity contribution in [3.63, 3.8) is 0 Å². The molecule has 3 heterocycles. The lowest BCUT2D eigenvalue weighted by Gasteiger charge is -2.36. The molecule has 21 heavy (non-hydrogen) atoms. The van der Waals surface area contributed by atoms with Crippen LogP contribution in [0.1, 0.15) is 26.2 Å². The predicted octanol–water partition coefficient (Wildman–Crippen LogP) is 2.16. The van der Waals surface area contributed by atoms with Crippen LogP contribution in [0.2, 0.25) is 0 Å². The maximum atomic E-state index is 13.1. The largest absolute Gasteiger partial charge is 0.473 e. The molecule has 0 N–H and O–H groups in total. The summed E-state index contributed by atoms with van der Waals surface area (Å²) < 4.78 is 18.9. The number of piperidine rings is 1. The van der Waals surface area contributed by atoms with Crippen molar-refractivity contribution >= 4 is 0 Å². The van der Waals surface area contributed by atoms with Gasteiger partial charge in [-0.2, -0.15) is 9.37 Å². The lowest BCUT2D eigenvalue weighted by atomic mass is 10.0. The molecule has 2 aliphatic rings. The Morgan fingerprint density at radius 2 is 2.05 bits per heavy atom. The third kappa shape index (κ3) is 3.71. The summed E-state index contributed by atoms with van der Waals surface area (Å²) in [5.74, 6) is -0.0723. The van der Waals surface area contributed by atoms with Gasteiger partial charge in [-0.05, 0) is 45.0 Å². The number of aromatic nitrogens is 1. The topological polar surface area (TPSA) is 28.6 Å². The summed E-state index contributed by atoms with van der Waals surface area (Å²) in [4.78, 5) is 8.83. The minimum absolute atomic E-state index is 0.142. The molecular weight excluding hydrogens is 269 g/mol. The molecule has 1 atom stereocenters. The van der Waals surface area contributed by atoms with Gasteiger partial charge in [0.1, 0.15) is 6.10 Å². The van der Waals surface area contributed by atoms with Gasteiger partial charge in [-0.25, -0.2) is 0 Å². The molecule has 0 bridgehead atoms. The number of hydrogen-bond acceptors (Lipinski definition) is 4. The Kier molecular flexibility index (Phi) is 4.70. The van der Waals surface area contributed by atoms with Crippen LogP contribution >= 0.6 is 0 Å². The van der Waals surface area contributed by atoms with E-state index >= 15 is 0 Å². The van der Waals surface area contributed by atoms with E-state index in [1.54, 1.807) is 12.1 Å². The lowest BCUT2D eigenvalue weighted by molar-refractivity contribution is 0.115. The second-order valence-electron chi connectivity index (χ2n) is 5.99. The molecule has 5 heteroatoms. The lowest BCUT2D eigenvalue weighted by Crippen LogP contribution is -2.44. The number of nitrogens with zero attached hydrogens (tertiary/aromatic N) is 3. The van der Waals surface area contributed by atoms with Crippen LogP contribution in [0, 0.1) is 5.95 Å². The van der Waals surface area contributed by atoms with Crippen molar-refractivity contribution in [1.82, 2.24) is 14.8 Å². The van der Waals surface area contributed by atoms with Crippen LogP contribution in [0.25, 0.3) is 0 Å². The van der Waals surface area contributed by atoms with E-state index in [1.165, 1.54) is 32.0 Å². The highest BCUT2D eigenvalue weighted by atomic mass is 19.1. The number of pyridine rings is 1. The van der Waals surface area contributed by atoms with Gasteiger partial charge in [0.25, 0.3) is 0 Å². The van der Waals surface area contributed by atoms with Gasteiger partial charge in [-0.1, -0.05) is 13.0 Å². The highest BCUT2D eigenvalue weighted by Crippen LogP contribution is 2.23. The Balaban J connectivity index is 1.49. The molecule has 4 nitrogen and oxygen atoms in total. The van der Waals surface area contributed by atoms with Crippen molar-refractivity contribution in [2.24, 2.45) is 0 Å². The van der Waals surface area contributed by atoms with E-state index in [-0.39, 0.29) is 6.10 Å². The van der Waals surface area contributed by atoms with Crippen LogP contribution in [0.15, 0.2) is 18.2 Å². The van der Waals surface area contributed by atoms with Crippen molar-refractivity contribution in [1.29, 1.82) is 0 Å². The fraction of sp³-hybridized carbons (Fsp3) is 0.688. The van der Waals surface area contributed by atoms with Gasteiger partial charge in [0.2, 0.25) is 11.8 Å². The molecule has 1 aromatic rings. The molecule has 116 valence electrons. The van der Waals surface area contributed by atoms with Crippen molar-refractivity contribution in [3.8, 4) is 5.88 Å². The number of hydrogen-bond donors (Lipinski definition) is 0. The van der Waals surface area contributed by atoms with Gasteiger partial charge < -0.3 is 9.64 Å². The third-order valence-electron chi connectivity index (χ3n) is 4.67. The van der Waals surface area contributed by atoms with E-state index in [4.69, 9.17) is 4.74 Å². The summed E-state index contributed by atoms with van der Waals surface area (Å²) in [6.07, 6.45) is 3.65. The molecule has 0 aromatic carbocycles.